The molecule has 0 aromatic carbocycles. The molecule has 0 aromatic heterocycles. The van der Waals surface area contributed by atoms with Crippen molar-refractivity contribution in [3.05, 3.63) is 0 Å². The van der Waals surface area contributed by atoms with Crippen LogP contribution >= 0.6 is 0 Å². The minimum absolute atomic E-state index is 0.0354. The molecule has 0 aliphatic heterocycles. The monoisotopic (exact) mass is 324 g/mol. The van der Waals surface area contributed by atoms with Gasteiger partial charge in [0.2, 0.25) is 0 Å². The summed E-state index contributed by atoms with van der Waals surface area (Å²) in [6.07, 6.45) is -7.94. The van der Waals surface area contributed by atoms with E-state index in [1.54, 1.807) is 0 Å². The molecule has 0 amide bonds. The summed E-state index contributed by atoms with van der Waals surface area (Å²) in [5.74, 6) is -2.81. The number of ether oxygens (including phenoxy) is 1. The molecule has 11 heteroatoms. The zero-order chi connectivity index (χ0) is 15.8. The zero-order valence-electron chi connectivity index (χ0n) is 9.93. The van der Waals surface area contributed by atoms with Crippen LogP contribution in [-0.4, -0.2) is 47.4 Å². The second-order valence-corrected chi connectivity index (χ2v) is 5.88. The molecule has 6 nitrogen and oxygen atoms in total. The van der Waals surface area contributed by atoms with Crippen molar-refractivity contribution in [1.29, 1.82) is 0 Å². The Morgan fingerprint density at radius 3 is 2.05 bits per heavy atom. The fraction of sp³-hybridized carbons (Fsp3) is 0.889. The van der Waals surface area contributed by atoms with Gasteiger partial charge < -0.3 is 9.84 Å². The highest BCUT2D eigenvalue weighted by Gasteiger charge is 2.73. The molecule has 20 heavy (non-hydrogen) atoms. The zero-order valence-corrected chi connectivity index (χ0v) is 10.7. The van der Waals surface area contributed by atoms with Crippen LogP contribution in [0.15, 0.2) is 0 Å². The number of carbonyl (C=O) groups is 1. The van der Waals surface area contributed by atoms with Crippen LogP contribution in [0.2, 0.25) is 0 Å². The lowest BCUT2D eigenvalue weighted by atomic mass is 9.95. The van der Waals surface area contributed by atoms with Crippen LogP contribution in [0.25, 0.3) is 0 Å². The molecule has 1 saturated carbocycles. The molecule has 0 bridgehead atoms. The van der Waals surface area contributed by atoms with E-state index < -0.39 is 39.5 Å². The molecule has 0 aromatic rings. The predicted octanol–water partition coefficient (Wildman–Crippen LogP) is 0.949. The Hall–Kier alpha value is -0.940. The largest absolute Gasteiger partial charge is 0.456 e. The van der Waals surface area contributed by atoms with Crippen molar-refractivity contribution in [2.24, 2.45) is 0 Å². The molecule has 3 unspecified atom stereocenters. The van der Waals surface area contributed by atoms with Gasteiger partial charge >= 0.3 is 27.3 Å². The van der Waals surface area contributed by atoms with Gasteiger partial charge in [-0.25, -0.2) is 9.18 Å². The molecule has 118 valence electrons. The summed E-state index contributed by atoms with van der Waals surface area (Å²) in [6, 6.07) is 0. The number of hydrogen-bond acceptors (Lipinski definition) is 5. The van der Waals surface area contributed by atoms with E-state index in [0.29, 0.717) is 12.8 Å². The fourth-order valence-corrected chi connectivity index (χ4v) is 2.35. The maximum Gasteiger partial charge on any atom is 0.451 e. The standard InChI is InChI=1S/C9H12F4O6S/c10-8(9(11,12)13,20(16,17)18)7(15)19-6-4-2-1-3-5(6)14/h5-6,14H,1-4H2,(H,16,17,18). The maximum atomic E-state index is 13.6. The van der Waals surface area contributed by atoms with E-state index in [2.05, 4.69) is 4.74 Å². The van der Waals surface area contributed by atoms with Crippen molar-refractivity contribution in [2.75, 3.05) is 0 Å². The lowest BCUT2D eigenvalue weighted by molar-refractivity contribution is -0.221. The first-order valence-corrected chi connectivity index (χ1v) is 6.97. The Labute approximate surface area is 111 Å². The number of rotatable bonds is 3. The fourth-order valence-electron chi connectivity index (χ4n) is 1.80. The van der Waals surface area contributed by atoms with E-state index in [1.807, 2.05) is 0 Å². The summed E-state index contributed by atoms with van der Waals surface area (Å²) in [7, 11) is -6.44. The van der Waals surface area contributed by atoms with Crippen LogP contribution in [0.1, 0.15) is 25.7 Å². The van der Waals surface area contributed by atoms with Crippen LogP contribution in [0, 0.1) is 0 Å². The van der Waals surface area contributed by atoms with E-state index >= 15 is 0 Å². The average molecular weight is 324 g/mol. The molecule has 0 heterocycles. The van der Waals surface area contributed by atoms with Crippen molar-refractivity contribution in [3.63, 3.8) is 0 Å². The van der Waals surface area contributed by atoms with Crippen molar-refractivity contribution >= 4 is 16.1 Å². The van der Waals surface area contributed by atoms with Crippen molar-refractivity contribution in [3.8, 4) is 0 Å². The molecule has 0 radical (unpaired) electrons. The van der Waals surface area contributed by atoms with Gasteiger partial charge in [0.25, 0.3) is 0 Å². The van der Waals surface area contributed by atoms with Crippen LogP contribution < -0.4 is 0 Å². The van der Waals surface area contributed by atoms with Crippen LogP contribution in [0.3, 0.4) is 0 Å². The quantitative estimate of drug-likeness (QED) is 0.455. The normalized spacial score (nSPS) is 27.7. The molecule has 3 atom stereocenters. The van der Waals surface area contributed by atoms with Gasteiger partial charge in [0.15, 0.2) is 0 Å². The SMILES string of the molecule is O=C(OC1CCCCC1O)C(F)(C(F)(F)F)S(=O)(=O)O. The van der Waals surface area contributed by atoms with Gasteiger partial charge in [0, 0.05) is 0 Å². The first kappa shape index (κ1) is 17.1. The highest BCUT2D eigenvalue weighted by molar-refractivity contribution is 7.88. The van der Waals surface area contributed by atoms with Gasteiger partial charge in [-0.1, -0.05) is 6.42 Å². The number of halogens is 4. The van der Waals surface area contributed by atoms with Gasteiger partial charge in [-0.05, 0) is 19.3 Å². The lowest BCUT2D eigenvalue weighted by Gasteiger charge is -2.30. The van der Waals surface area contributed by atoms with Gasteiger partial charge in [0.1, 0.15) is 6.10 Å². The smallest absolute Gasteiger partial charge is 0.451 e. The number of alkyl halides is 4. The van der Waals surface area contributed by atoms with E-state index in [-0.39, 0.29) is 12.8 Å². The van der Waals surface area contributed by atoms with Gasteiger partial charge in [-0.3, -0.25) is 4.55 Å². The topological polar surface area (TPSA) is 101 Å². The van der Waals surface area contributed by atoms with E-state index in [4.69, 9.17) is 4.55 Å². The summed E-state index contributed by atoms with van der Waals surface area (Å²) in [6.45, 7) is 0. The molecular formula is C9H12F4O6S. The van der Waals surface area contributed by atoms with E-state index in [1.165, 1.54) is 0 Å². The third-order valence-electron chi connectivity index (χ3n) is 2.91. The second-order valence-electron chi connectivity index (χ2n) is 4.36. The minimum Gasteiger partial charge on any atom is -0.456 e. The Morgan fingerprint density at radius 1 is 1.15 bits per heavy atom. The summed E-state index contributed by atoms with van der Waals surface area (Å²) >= 11 is 0. The van der Waals surface area contributed by atoms with Gasteiger partial charge in [-0.2, -0.15) is 21.6 Å². The van der Waals surface area contributed by atoms with E-state index in [9.17, 15) is 35.9 Å². The van der Waals surface area contributed by atoms with Crippen molar-refractivity contribution in [2.45, 2.75) is 49.1 Å². The molecular weight excluding hydrogens is 312 g/mol. The third kappa shape index (κ3) is 3.04. The molecule has 1 aliphatic carbocycles. The third-order valence-corrected chi connectivity index (χ3v) is 4.02. The molecule has 2 N–H and O–H groups in total. The number of aliphatic hydroxyl groups is 1. The number of carbonyl (C=O) groups excluding carboxylic acids is 1. The molecule has 0 spiro atoms. The summed E-state index contributed by atoms with van der Waals surface area (Å²) < 4.78 is 84.4. The second kappa shape index (κ2) is 5.45. The van der Waals surface area contributed by atoms with Crippen LogP contribution in [0.4, 0.5) is 17.6 Å². The van der Waals surface area contributed by atoms with Gasteiger partial charge in [-0.15, -0.1) is 0 Å². The minimum atomic E-state index is -6.44. The number of esters is 1. The first-order chi connectivity index (χ1) is 8.91. The maximum absolute atomic E-state index is 13.6. The number of aliphatic hydroxyl groups excluding tert-OH is 1. The predicted molar refractivity (Wildman–Crippen MR) is 55.8 cm³/mol. The Kier molecular flexibility index (Phi) is 4.66. The summed E-state index contributed by atoms with van der Waals surface area (Å²) in [5, 5.41) is 3.82. The molecule has 0 saturated heterocycles. The highest BCUT2D eigenvalue weighted by atomic mass is 32.2. The summed E-state index contributed by atoms with van der Waals surface area (Å²) in [5.41, 5.74) is 0. The Balaban J connectivity index is 3.02. The average Bonchev–Trinajstić information content (AvgIpc) is 2.28. The van der Waals surface area contributed by atoms with Crippen LogP contribution in [0.5, 0.6) is 0 Å². The van der Waals surface area contributed by atoms with Crippen molar-refractivity contribution < 1.29 is 45.2 Å². The van der Waals surface area contributed by atoms with E-state index in [0.717, 1.165) is 0 Å². The Morgan fingerprint density at radius 2 is 1.65 bits per heavy atom. The summed E-state index contributed by atoms with van der Waals surface area (Å²) in [4.78, 5) is 11.2. The lowest BCUT2D eigenvalue weighted by Crippen LogP contribution is -2.56. The molecule has 1 aliphatic rings. The molecule has 1 fully saturated rings. The highest BCUT2D eigenvalue weighted by Crippen LogP contribution is 2.40. The van der Waals surface area contributed by atoms with Crippen molar-refractivity contribution in [1.82, 2.24) is 0 Å². The molecule has 1 rings (SSSR count). The van der Waals surface area contributed by atoms with Gasteiger partial charge in [0.05, 0.1) is 6.10 Å². The first-order valence-electron chi connectivity index (χ1n) is 5.53. The number of hydrogen-bond donors (Lipinski definition) is 2. The Bertz CT molecular complexity index is 475. The van der Waals surface area contributed by atoms with Crippen LogP contribution in [-0.2, 0) is 19.6 Å².